The topological polar surface area (TPSA) is 56.8 Å². The summed E-state index contributed by atoms with van der Waals surface area (Å²) >= 11 is 6.31. The maximum absolute atomic E-state index is 12.5. The largest absolute Gasteiger partial charge is 0.497 e. The van der Waals surface area contributed by atoms with E-state index in [0.29, 0.717) is 41.8 Å². The van der Waals surface area contributed by atoms with Gasteiger partial charge in [-0.2, -0.15) is 0 Å². The number of hydrogen-bond acceptors (Lipinski definition) is 4. The second kappa shape index (κ2) is 9.92. The van der Waals surface area contributed by atoms with Gasteiger partial charge in [0.15, 0.2) is 11.5 Å². The van der Waals surface area contributed by atoms with Gasteiger partial charge in [0.05, 0.1) is 25.3 Å². The highest BCUT2D eigenvalue weighted by atomic mass is 35.5. The maximum Gasteiger partial charge on any atom is 0.251 e. The molecule has 2 aromatic rings. The molecule has 26 heavy (non-hydrogen) atoms. The summed E-state index contributed by atoms with van der Waals surface area (Å²) in [5.74, 6) is 1.45. The van der Waals surface area contributed by atoms with Gasteiger partial charge in [-0.05, 0) is 43.2 Å². The third-order valence-electron chi connectivity index (χ3n) is 3.61. The number of carbonyl (C=O) groups excluding carboxylic acids is 1. The van der Waals surface area contributed by atoms with Crippen LogP contribution >= 0.6 is 11.6 Å². The highest BCUT2D eigenvalue weighted by molar-refractivity contribution is 6.32. The molecule has 0 bridgehead atoms. The Morgan fingerprint density at radius 1 is 1.15 bits per heavy atom. The summed E-state index contributed by atoms with van der Waals surface area (Å²) in [6, 6.07) is 10.8. The Morgan fingerprint density at radius 3 is 2.65 bits per heavy atom. The van der Waals surface area contributed by atoms with Gasteiger partial charge in [0, 0.05) is 12.1 Å². The second-order valence-corrected chi connectivity index (χ2v) is 6.01. The van der Waals surface area contributed by atoms with Gasteiger partial charge in [-0.3, -0.25) is 4.79 Å². The fourth-order valence-electron chi connectivity index (χ4n) is 2.37. The Balaban J connectivity index is 2.14. The first kappa shape index (κ1) is 19.9. The molecule has 1 N–H and O–H groups in total. The fraction of sp³-hybridized carbons (Fsp3) is 0.350. The standard InChI is InChI=1S/C20H24ClNO4/c1-4-9-26-19-17(21)11-15(12-18(19)25-5-2)20(23)22-13-14-7-6-8-16(10-14)24-3/h6-8,10-12H,4-5,9,13H2,1-3H3,(H,22,23). The molecule has 2 aromatic carbocycles. The molecule has 0 radical (unpaired) electrons. The summed E-state index contributed by atoms with van der Waals surface area (Å²) in [5, 5.41) is 3.23. The van der Waals surface area contributed by atoms with Crippen molar-refractivity contribution in [1.82, 2.24) is 5.32 Å². The van der Waals surface area contributed by atoms with E-state index in [-0.39, 0.29) is 5.91 Å². The number of rotatable bonds is 9. The average molecular weight is 378 g/mol. The third-order valence-corrected chi connectivity index (χ3v) is 3.89. The lowest BCUT2D eigenvalue weighted by Gasteiger charge is -2.15. The van der Waals surface area contributed by atoms with E-state index in [1.54, 1.807) is 19.2 Å². The van der Waals surface area contributed by atoms with Crippen molar-refractivity contribution in [3.8, 4) is 17.2 Å². The monoisotopic (exact) mass is 377 g/mol. The van der Waals surface area contributed by atoms with E-state index in [4.69, 9.17) is 25.8 Å². The summed E-state index contributed by atoms with van der Waals surface area (Å²) in [7, 11) is 1.61. The van der Waals surface area contributed by atoms with Gasteiger partial charge in [-0.1, -0.05) is 30.7 Å². The summed E-state index contributed by atoms with van der Waals surface area (Å²) in [6.07, 6.45) is 0.852. The number of hydrogen-bond donors (Lipinski definition) is 1. The Bertz CT molecular complexity index is 749. The van der Waals surface area contributed by atoms with Gasteiger partial charge in [-0.15, -0.1) is 0 Å². The Kier molecular flexibility index (Phi) is 7.60. The number of benzene rings is 2. The molecule has 0 heterocycles. The van der Waals surface area contributed by atoms with Gasteiger partial charge in [0.1, 0.15) is 5.75 Å². The molecule has 0 saturated heterocycles. The summed E-state index contributed by atoms with van der Waals surface area (Å²) < 4.78 is 16.4. The maximum atomic E-state index is 12.5. The lowest BCUT2D eigenvalue weighted by Crippen LogP contribution is -2.23. The number of nitrogens with one attached hydrogen (secondary N) is 1. The predicted molar refractivity (Wildman–Crippen MR) is 103 cm³/mol. The molecule has 0 atom stereocenters. The van der Waals surface area contributed by atoms with E-state index >= 15 is 0 Å². The van der Waals surface area contributed by atoms with Crippen LogP contribution in [0.25, 0.3) is 0 Å². The van der Waals surface area contributed by atoms with Crippen LogP contribution in [0.15, 0.2) is 36.4 Å². The second-order valence-electron chi connectivity index (χ2n) is 5.60. The lowest BCUT2D eigenvalue weighted by atomic mass is 10.1. The molecule has 0 fully saturated rings. The Labute approximate surface area is 159 Å². The number of ether oxygens (including phenoxy) is 3. The molecule has 5 nitrogen and oxygen atoms in total. The molecule has 0 spiro atoms. The highest BCUT2D eigenvalue weighted by Gasteiger charge is 2.16. The molecule has 6 heteroatoms. The van der Waals surface area contributed by atoms with Crippen LogP contribution in [0.5, 0.6) is 17.2 Å². The van der Waals surface area contributed by atoms with E-state index < -0.39 is 0 Å². The molecule has 140 valence electrons. The van der Waals surface area contributed by atoms with Crippen molar-refractivity contribution in [3.63, 3.8) is 0 Å². The SMILES string of the molecule is CCCOc1c(Cl)cc(C(=O)NCc2cccc(OC)c2)cc1OCC. The third kappa shape index (κ3) is 5.30. The van der Waals surface area contributed by atoms with Crippen molar-refractivity contribution in [2.24, 2.45) is 0 Å². The van der Waals surface area contributed by atoms with Crippen molar-refractivity contribution >= 4 is 17.5 Å². The summed E-state index contributed by atoms with van der Waals surface area (Å²) in [6.45, 7) is 5.24. The number of amides is 1. The zero-order valence-corrected chi connectivity index (χ0v) is 16.1. The summed E-state index contributed by atoms with van der Waals surface area (Å²) in [4.78, 5) is 12.5. The number of halogens is 1. The van der Waals surface area contributed by atoms with Crippen LogP contribution in [0.4, 0.5) is 0 Å². The lowest BCUT2D eigenvalue weighted by molar-refractivity contribution is 0.0950. The first-order valence-corrected chi connectivity index (χ1v) is 8.97. The first-order valence-electron chi connectivity index (χ1n) is 8.59. The van der Waals surface area contributed by atoms with Crippen molar-refractivity contribution in [2.45, 2.75) is 26.8 Å². The Morgan fingerprint density at radius 2 is 1.96 bits per heavy atom. The number of carbonyl (C=O) groups is 1. The zero-order valence-electron chi connectivity index (χ0n) is 15.3. The predicted octanol–water partition coefficient (Wildman–Crippen LogP) is 4.47. The smallest absolute Gasteiger partial charge is 0.251 e. The van der Waals surface area contributed by atoms with Gasteiger partial charge in [0.25, 0.3) is 5.91 Å². The minimum Gasteiger partial charge on any atom is -0.497 e. The molecular formula is C20H24ClNO4. The van der Waals surface area contributed by atoms with Gasteiger partial charge in [-0.25, -0.2) is 0 Å². The molecule has 1 amide bonds. The van der Waals surface area contributed by atoms with Crippen LogP contribution in [-0.4, -0.2) is 26.2 Å². The molecular weight excluding hydrogens is 354 g/mol. The van der Waals surface area contributed by atoms with Crippen LogP contribution in [0.1, 0.15) is 36.2 Å². The van der Waals surface area contributed by atoms with Crippen molar-refractivity contribution in [2.75, 3.05) is 20.3 Å². The van der Waals surface area contributed by atoms with Gasteiger partial charge >= 0.3 is 0 Å². The highest BCUT2D eigenvalue weighted by Crippen LogP contribution is 2.36. The quantitative estimate of drug-likeness (QED) is 0.700. The molecule has 0 aromatic heterocycles. The van der Waals surface area contributed by atoms with E-state index in [9.17, 15) is 4.79 Å². The van der Waals surface area contributed by atoms with E-state index in [2.05, 4.69) is 5.32 Å². The van der Waals surface area contributed by atoms with Crippen LogP contribution in [0.3, 0.4) is 0 Å². The zero-order chi connectivity index (χ0) is 18.9. The van der Waals surface area contributed by atoms with Crippen molar-refractivity contribution in [1.29, 1.82) is 0 Å². The molecule has 0 saturated carbocycles. The van der Waals surface area contributed by atoms with E-state index in [0.717, 1.165) is 17.7 Å². The fourth-order valence-corrected chi connectivity index (χ4v) is 2.64. The van der Waals surface area contributed by atoms with Gasteiger partial charge in [0.2, 0.25) is 0 Å². The van der Waals surface area contributed by atoms with E-state index in [1.165, 1.54) is 0 Å². The molecule has 0 aliphatic rings. The van der Waals surface area contributed by atoms with Gasteiger partial charge < -0.3 is 19.5 Å². The summed E-state index contributed by atoms with van der Waals surface area (Å²) in [5.41, 5.74) is 1.36. The van der Waals surface area contributed by atoms with Crippen LogP contribution in [0, 0.1) is 0 Å². The number of methoxy groups -OCH3 is 1. The van der Waals surface area contributed by atoms with Crippen LogP contribution in [-0.2, 0) is 6.54 Å². The first-order chi connectivity index (χ1) is 12.6. The van der Waals surface area contributed by atoms with E-state index in [1.807, 2.05) is 38.1 Å². The minimum atomic E-state index is -0.238. The molecule has 0 aliphatic heterocycles. The van der Waals surface area contributed by atoms with Crippen LogP contribution < -0.4 is 19.5 Å². The average Bonchev–Trinajstić information content (AvgIpc) is 2.65. The molecule has 0 unspecified atom stereocenters. The minimum absolute atomic E-state index is 0.238. The van der Waals surface area contributed by atoms with Crippen molar-refractivity contribution in [3.05, 3.63) is 52.5 Å². The van der Waals surface area contributed by atoms with Crippen molar-refractivity contribution < 1.29 is 19.0 Å². The normalized spacial score (nSPS) is 10.3. The van der Waals surface area contributed by atoms with Crippen LogP contribution in [0.2, 0.25) is 5.02 Å². The molecule has 0 aliphatic carbocycles. The molecule has 2 rings (SSSR count). The Hall–Kier alpha value is -2.40.